The predicted octanol–water partition coefficient (Wildman–Crippen LogP) is 0.764. The summed E-state index contributed by atoms with van der Waals surface area (Å²) in [6, 6.07) is -0.0762. The fraction of sp³-hybridized carbons (Fsp3) is 0.750. The molecule has 0 spiro atoms. The van der Waals surface area contributed by atoms with Gasteiger partial charge < -0.3 is 5.32 Å². The van der Waals surface area contributed by atoms with Crippen LogP contribution in [0, 0.1) is 0 Å². The summed E-state index contributed by atoms with van der Waals surface area (Å²) in [6.07, 6.45) is 6.66. The van der Waals surface area contributed by atoms with E-state index in [0.29, 0.717) is 0 Å². The van der Waals surface area contributed by atoms with Crippen molar-refractivity contribution in [3.05, 3.63) is 18.0 Å². The quantitative estimate of drug-likeness (QED) is 0.831. The highest BCUT2D eigenvalue weighted by Gasteiger charge is 2.37. The lowest BCUT2D eigenvalue weighted by Gasteiger charge is -2.32. The maximum absolute atomic E-state index is 11.8. The summed E-state index contributed by atoms with van der Waals surface area (Å²) >= 11 is 0. The summed E-state index contributed by atoms with van der Waals surface area (Å²) in [4.78, 5) is 0. The Morgan fingerprint density at radius 1 is 1.50 bits per heavy atom. The van der Waals surface area contributed by atoms with Crippen molar-refractivity contribution in [1.29, 1.82) is 0 Å². The third-order valence-corrected chi connectivity index (χ3v) is 5.82. The number of hydrogen-bond acceptors (Lipinski definition) is 4. The third kappa shape index (κ3) is 3.32. The standard InChI is InChI=1S/C12H23N3O2S/c1-12(2,18(5,16)17)11(13-3)7-6-10-8-14-15(4)9-10/h8-9,11,13H,6-7H2,1-5H3. The van der Waals surface area contributed by atoms with Crippen LogP contribution in [0.4, 0.5) is 0 Å². The molecule has 0 amide bonds. The van der Waals surface area contributed by atoms with Crippen molar-refractivity contribution in [3.63, 3.8) is 0 Å². The second-order valence-electron chi connectivity index (χ2n) is 5.28. The van der Waals surface area contributed by atoms with Crippen LogP contribution in [0.1, 0.15) is 25.8 Å². The van der Waals surface area contributed by atoms with Gasteiger partial charge in [0.15, 0.2) is 9.84 Å². The van der Waals surface area contributed by atoms with E-state index in [1.54, 1.807) is 25.6 Å². The Kier molecular flexibility index (Phi) is 4.55. The monoisotopic (exact) mass is 273 g/mol. The van der Waals surface area contributed by atoms with E-state index in [1.807, 2.05) is 19.4 Å². The molecule has 1 rings (SSSR count). The molecule has 104 valence electrons. The summed E-state index contributed by atoms with van der Waals surface area (Å²) in [6.45, 7) is 3.54. The van der Waals surface area contributed by atoms with Gasteiger partial charge in [0.2, 0.25) is 0 Å². The van der Waals surface area contributed by atoms with Gasteiger partial charge in [0.05, 0.1) is 10.9 Å². The second-order valence-corrected chi connectivity index (χ2v) is 7.87. The van der Waals surface area contributed by atoms with Crippen LogP contribution in [0.5, 0.6) is 0 Å². The second kappa shape index (κ2) is 5.40. The molecule has 18 heavy (non-hydrogen) atoms. The summed E-state index contributed by atoms with van der Waals surface area (Å²) in [5, 5.41) is 7.23. The Hall–Kier alpha value is -0.880. The first kappa shape index (κ1) is 15.2. The molecule has 0 fully saturated rings. The van der Waals surface area contributed by atoms with Gasteiger partial charge >= 0.3 is 0 Å². The predicted molar refractivity (Wildman–Crippen MR) is 73.3 cm³/mol. The van der Waals surface area contributed by atoms with E-state index in [-0.39, 0.29) is 6.04 Å². The first-order valence-corrected chi connectivity index (χ1v) is 7.92. The van der Waals surface area contributed by atoms with Crippen molar-refractivity contribution >= 4 is 9.84 Å². The van der Waals surface area contributed by atoms with Gasteiger partial charge in [-0.3, -0.25) is 4.68 Å². The highest BCUT2D eigenvalue weighted by atomic mass is 32.2. The van der Waals surface area contributed by atoms with Crippen LogP contribution in [0.15, 0.2) is 12.4 Å². The van der Waals surface area contributed by atoms with E-state index in [4.69, 9.17) is 0 Å². The largest absolute Gasteiger partial charge is 0.315 e. The van der Waals surface area contributed by atoms with Crippen molar-refractivity contribution < 1.29 is 8.42 Å². The van der Waals surface area contributed by atoms with Crippen LogP contribution in [0.2, 0.25) is 0 Å². The number of sulfone groups is 1. The van der Waals surface area contributed by atoms with E-state index >= 15 is 0 Å². The SMILES string of the molecule is CNC(CCc1cnn(C)c1)C(C)(C)S(C)(=O)=O. The number of nitrogens with zero attached hydrogens (tertiary/aromatic N) is 2. The average Bonchev–Trinajstić information content (AvgIpc) is 2.63. The Balaban J connectivity index is 2.74. The van der Waals surface area contributed by atoms with E-state index in [2.05, 4.69) is 10.4 Å². The maximum atomic E-state index is 11.8. The van der Waals surface area contributed by atoms with Crippen LogP contribution in [-0.4, -0.2) is 42.3 Å². The van der Waals surface area contributed by atoms with Crippen molar-refractivity contribution in [1.82, 2.24) is 15.1 Å². The topological polar surface area (TPSA) is 64.0 Å². The van der Waals surface area contributed by atoms with Gasteiger partial charge in [-0.05, 0) is 39.3 Å². The fourth-order valence-corrected chi connectivity index (χ4v) is 2.76. The summed E-state index contributed by atoms with van der Waals surface area (Å²) < 4.78 is 24.6. The zero-order chi connectivity index (χ0) is 14.0. The average molecular weight is 273 g/mol. The number of rotatable bonds is 6. The van der Waals surface area contributed by atoms with Crippen LogP contribution < -0.4 is 5.32 Å². The molecule has 6 heteroatoms. The Morgan fingerprint density at radius 2 is 2.11 bits per heavy atom. The molecule has 0 bridgehead atoms. The van der Waals surface area contributed by atoms with Gasteiger partial charge in [0.25, 0.3) is 0 Å². The molecule has 0 aliphatic rings. The molecule has 0 saturated carbocycles. The highest BCUT2D eigenvalue weighted by Crippen LogP contribution is 2.23. The number of aromatic nitrogens is 2. The van der Waals surface area contributed by atoms with Crippen LogP contribution in [0.25, 0.3) is 0 Å². The minimum atomic E-state index is -3.10. The zero-order valence-electron chi connectivity index (χ0n) is 11.8. The van der Waals surface area contributed by atoms with Crippen molar-refractivity contribution in [2.24, 2.45) is 7.05 Å². The van der Waals surface area contributed by atoms with Crippen LogP contribution in [-0.2, 0) is 23.3 Å². The Morgan fingerprint density at radius 3 is 2.50 bits per heavy atom. The Bertz CT molecular complexity index is 491. The molecule has 0 aromatic carbocycles. The lowest BCUT2D eigenvalue weighted by Crippen LogP contribution is -2.50. The van der Waals surface area contributed by atoms with E-state index in [0.717, 1.165) is 18.4 Å². The number of aryl methyl sites for hydroxylation is 2. The molecule has 0 radical (unpaired) electrons. The minimum Gasteiger partial charge on any atom is -0.315 e. The third-order valence-electron chi connectivity index (χ3n) is 3.62. The first-order valence-electron chi connectivity index (χ1n) is 6.03. The smallest absolute Gasteiger partial charge is 0.154 e. The van der Waals surface area contributed by atoms with Crippen LogP contribution >= 0.6 is 0 Å². The van der Waals surface area contributed by atoms with Gasteiger partial charge in [-0.2, -0.15) is 5.10 Å². The molecule has 0 aliphatic carbocycles. The van der Waals surface area contributed by atoms with Crippen molar-refractivity contribution in [3.8, 4) is 0 Å². The van der Waals surface area contributed by atoms with Gasteiger partial charge in [-0.25, -0.2) is 8.42 Å². The molecule has 1 atom stereocenters. The minimum absolute atomic E-state index is 0.0762. The molecule has 1 heterocycles. The van der Waals surface area contributed by atoms with Gasteiger partial charge in [-0.1, -0.05) is 0 Å². The van der Waals surface area contributed by atoms with E-state index in [9.17, 15) is 8.42 Å². The normalized spacial score (nSPS) is 14.7. The summed E-state index contributed by atoms with van der Waals surface area (Å²) in [5.41, 5.74) is 1.13. The molecule has 1 aromatic heterocycles. The van der Waals surface area contributed by atoms with Gasteiger partial charge in [0.1, 0.15) is 0 Å². The maximum Gasteiger partial charge on any atom is 0.154 e. The van der Waals surface area contributed by atoms with Crippen molar-refractivity contribution in [2.75, 3.05) is 13.3 Å². The molecule has 1 aromatic rings. The molecular formula is C12H23N3O2S. The molecule has 1 N–H and O–H groups in total. The molecule has 0 aliphatic heterocycles. The number of hydrogen-bond donors (Lipinski definition) is 1. The van der Waals surface area contributed by atoms with E-state index < -0.39 is 14.6 Å². The molecule has 5 nitrogen and oxygen atoms in total. The van der Waals surface area contributed by atoms with Gasteiger partial charge in [-0.15, -0.1) is 0 Å². The summed E-state index contributed by atoms with van der Waals surface area (Å²) in [7, 11) is 0.585. The lowest BCUT2D eigenvalue weighted by molar-refractivity contribution is 0.411. The first-order chi connectivity index (χ1) is 8.18. The lowest BCUT2D eigenvalue weighted by atomic mass is 9.97. The zero-order valence-corrected chi connectivity index (χ0v) is 12.6. The molecule has 0 saturated heterocycles. The van der Waals surface area contributed by atoms with Gasteiger partial charge in [0, 0.05) is 25.5 Å². The van der Waals surface area contributed by atoms with E-state index in [1.165, 1.54) is 6.26 Å². The van der Waals surface area contributed by atoms with Crippen LogP contribution in [0.3, 0.4) is 0 Å². The molecule has 1 unspecified atom stereocenters. The number of nitrogens with one attached hydrogen (secondary N) is 1. The summed E-state index contributed by atoms with van der Waals surface area (Å²) in [5.74, 6) is 0. The Labute approximate surface area is 109 Å². The highest BCUT2D eigenvalue weighted by molar-refractivity contribution is 7.92. The molecular weight excluding hydrogens is 250 g/mol. The fourth-order valence-electron chi connectivity index (χ4n) is 2.01. The van der Waals surface area contributed by atoms with Crippen molar-refractivity contribution in [2.45, 2.75) is 37.5 Å².